The van der Waals surface area contributed by atoms with Crippen LogP contribution in [0.25, 0.3) is 0 Å². The summed E-state index contributed by atoms with van der Waals surface area (Å²) >= 11 is 0. The van der Waals surface area contributed by atoms with Crippen LogP contribution in [0.2, 0.25) is 0 Å². The summed E-state index contributed by atoms with van der Waals surface area (Å²) in [7, 11) is 0. The Morgan fingerprint density at radius 3 is 2.80 bits per heavy atom. The second kappa shape index (κ2) is 2.79. The molecule has 1 saturated heterocycles. The summed E-state index contributed by atoms with van der Waals surface area (Å²) in [5, 5.41) is 2.22. The monoisotopic (exact) mass is 142 g/mol. The third-order valence-corrected chi connectivity index (χ3v) is 1.64. The molecule has 0 aromatic rings. The van der Waals surface area contributed by atoms with Gasteiger partial charge in [0.15, 0.2) is 0 Å². The Kier molecular flexibility index (Phi) is 2.01. The first-order valence-corrected chi connectivity index (χ1v) is 3.28. The summed E-state index contributed by atoms with van der Waals surface area (Å²) in [6, 6.07) is 0. The van der Waals surface area contributed by atoms with Crippen molar-refractivity contribution < 1.29 is 9.59 Å². The molecule has 0 bridgehead atoms. The Hall–Kier alpha value is -0.900. The lowest BCUT2D eigenvalue weighted by atomic mass is 9.99. The minimum absolute atomic E-state index is 0.155. The van der Waals surface area contributed by atoms with Gasteiger partial charge in [-0.05, 0) is 6.42 Å². The third kappa shape index (κ3) is 1.33. The molecule has 56 valence electrons. The molecule has 0 aliphatic carbocycles. The molecule has 1 aliphatic rings. The minimum Gasteiger partial charge on any atom is -0.330 e. The second-order valence-electron chi connectivity index (χ2n) is 2.38. The molecular weight excluding hydrogens is 132 g/mol. The van der Waals surface area contributed by atoms with Gasteiger partial charge in [0.2, 0.25) is 11.8 Å². The summed E-state index contributed by atoms with van der Waals surface area (Å²) in [6.45, 7) is 0.332. The molecule has 4 nitrogen and oxygen atoms in total. The summed E-state index contributed by atoms with van der Waals surface area (Å²) in [5.41, 5.74) is 5.27. The number of piperidine rings is 1. The molecule has 1 fully saturated rings. The summed E-state index contributed by atoms with van der Waals surface area (Å²) < 4.78 is 0. The van der Waals surface area contributed by atoms with Gasteiger partial charge in [0.05, 0.1) is 5.92 Å². The van der Waals surface area contributed by atoms with E-state index in [9.17, 15) is 9.59 Å². The number of rotatable bonds is 1. The standard InChI is InChI=1S/C6H10N2O2/c7-3-4-1-2-5(9)8-6(4)10/h4H,1-3,7H2,(H,8,9,10). The first-order valence-electron chi connectivity index (χ1n) is 3.28. The van der Waals surface area contributed by atoms with Crippen LogP contribution in [0.15, 0.2) is 0 Å². The van der Waals surface area contributed by atoms with Gasteiger partial charge in [0, 0.05) is 13.0 Å². The molecule has 0 spiro atoms. The number of imide groups is 1. The molecule has 0 radical (unpaired) electrons. The maximum Gasteiger partial charge on any atom is 0.230 e. The van der Waals surface area contributed by atoms with Gasteiger partial charge < -0.3 is 5.73 Å². The van der Waals surface area contributed by atoms with E-state index in [2.05, 4.69) is 5.32 Å². The zero-order valence-corrected chi connectivity index (χ0v) is 5.59. The molecular formula is C6H10N2O2. The fourth-order valence-corrected chi connectivity index (χ4v) is 0.963. The highest BCUT2D eigenvalue weighted by Crippen LogP contribution is 2.09. The predicted octanol–water partition coefficient (Wildman–Crippen LogP) is -1.00. The minimum atomic E-state index is -0.223. The van der Waals surface area contributed by atoms with Crippen LogP contribution in [-0.2, 0) is 9.59 Å². The van der Waals surface area contributed by atoms with Crippen molar-refractivity contribution in [2.75, 3.05) is 6.54 Å². The fourth-order valence-electron chi connectivity index (χ4n) is 0.963. The van der Waals surface area contributed by atoms with Crippen molar-refractivity contribution in [1.82, 2.24) is 5.32 Å². The molecule has 1 rings (SSSR count). The number of nitrogens with one attached hydrogen (secondary N) is 1. The Balaban J connectivity index is 2.51. The average Bonchev–Trinajstić information content (AvgIpc) is 1.88. The molecule has 4 heteroatoms. The van der Waals surface area contributed by atoms with Crippen molar-refractivity contribution in [2.24, 2.45) is 11.7 Å². The van der Waals surface area contributed by atoms with Crippen LogP contribution in [0.3, 0.4) is 0 Å². The maximum absolute atomic E-state index is 10.8. The lowest BCUT2D eigenvalue weighted by Gasteiger charge is -2.18. The van der Waals surface area contributed by atoms with Crippen molar-refractivity contribution in [2.45, 2.75) is 12.8 Å². The number of hydrogen-bond donors (Lipinski definition) is 2. The Labute approximate surface area is 58.8 Å². The number of nitrogens with two attached hydrogens (primary N) is 1. The van der Waals surface area contributed by atoms with Gasteiger partial charge in [-0.2, -0.15) is 0 Å². The van der Waals surface area contributed by atoms with Gasteiger partial charge in [-0.15, -0.1) is 0 Å². The Bertz CT molecular complexity index is 167. The molecule has 1 atom stereocenters. The highest BCUT2D eigenvalue weighted by molar-refractivity contribution is 5.98. The van der Waals surface area contributed by atoms with Gasteiger partial charge >= 0.3 is 0 Å². The van der Waals surface area contributed by atoms with Crippen molar-refractivity contribution in [3.63, 3.8) is 0 Å². The second-order valence-corrected chi connectivity index (χ2v) is 2.38. The van der Waals surface area contributed by atoms with E-state index in [-0.39, 0.29) is 17.7 Å². The molecule has 3 N–H and O–H groups in total. The molecule has 0 aromatic heterocycles. The average molecular weight is 142 g/mol. The van der Waals surface area contributed by atoms with Crippen molar-refractivity contribution >= 4 is 11.8 Å². The highest BCUT2D eigenvalue weighted by Gasteiger charge is 2.24. The fraction of sp³-hybridized carbons (Fsp3) is 0.667. The summed E-state index contributed by atoms with van der Waals surface area (Å²) in [5.74, 6) is -0.564. The summed E-state index contributed by atoms with van der Waals surface area (Å²) in [4.78, 5) is 21.4. The number of carbonyl (C=O) groups excluding carboxylic acids is 2. The largest absolute Gasteiger partial charge is 0.330 e. The maximum atomic E-state index is 10.8. The first-order chi connectivity index (χ1) is 4.74. The van der Waals surface area contributed by atoms with Gasteiger partial charge in [-0.1, -0.05) is 0 Å². The molecule has 1 heterocycles. The van der Waals surface area contributed by atoms with Crippen LogP contribution in [-0.4, -0.2) is 18.4 Å². The molecule has 1 aliphatic heterocycles. The zero-order chi connectivity index (χ0) is 7.56. The Morgan fingerprint density at radius 2 is 2.30 bits per heavy atom. The van der Waals surface area contributed by atoms with E-state index in [1.807, 2.05) is 0 Å². The van der Waals surface area contributed by atoms with Crippen LogP contribution < -0.4 is 11.1 Å². The van der Waals surface area contributed by atoms with Crippen molar-refractivity contribution in [1.29, 1.82) is 0 Å². The highest BCUT2D eigenvalue weighted by atomic mass is 16.2. The van der Waals surface area contributed by atoms with Crippen LogP contribution in [0, 0.1) is 5.92 Å². The van der Waals surface area contributed by atoms with Gasteiger partial charge in [-0.25, -0.2) is 0 Å². The zero-order valence-electron chi connectivity index (χ0n) is 5.59. The number of amides is 2. The molecule has 1 unspecified atom stereocenters. The molecule has 0 aromatic carbocycles. The van der Waals surface area contributed by atoms with Crippen LogP contribution >= 0.6 is 0 Å². The smallest absolute Gasteiger partial charge is 0.230 e. The van der Waals surface area contributed by atoms with Crippen molar-refractivity contribution in [3.8, 4) is 0 Å². The van der Waals surface area contributed by atoms with Crippen LogP contribution in [0.4, 0.5) is 0 Å². The third-order valence-electron chi connectivity index (χ3n) is 1.64. The number of hydrogen-bond acceptors (Lipinski definition) is 3. The van der Waals surface area contributed by atoms with E-state index < -0.39 is 0 Å². The van der Waals surface area contributed by atoms with E-state index in [0.717, 1.165) is 0 Å². The molecule has 2 amide bonds. The lowest BCUT2D eigenvalue weighted by Crippen LogP contribution is -2.43. The van der Waals surface area contributed by atoms with E-state index >= 15 is 0 Å². The van der Waals surface area contributed by atoms with E-state index in [1.54, 1.807) is 0 Å². The molecule has 10 heavy (non-hydrogen) atoms. The van der Waals surface area contributed by atoms with Crippen molar-refractivity contribution in [3.05, 3.63) is 0 Å². The van der Waals surface area contributed by atoms with Crippen LogP contribution in [0.1, 0.15) is 12.8 Å². The SMILES string of the molecule is NCC1CCC(=O)NC1=O. The topological polar surface area (TPSA) is 72.2 Å². The molecule has 0 saturated carbocycles. The van der Waals surface area contributed by atoms with E-state index in [1.165, 1.54) is 0 Å². The van der Waals surface area contributed by atoms with Gasteiger partial charge in [0.25, 0.3) is 0 Å². The van der Waals surface area contributed by atoms with E-state index in [0.29, 0.717) is 19.4 Å². The Morgan fingerprint density at radius 1 is 1.60 bits per heavy atom. The predicted molar refractivity (Wildman–Crippen MR) is 34.9 cm³/mol. The summed E-state index contributed by atoms with van der Waals surface area (Å²) in [6.07, 6.45) is 1.02. The lowest BCUT2D eigenvalue weighted by molar-refractivity contribution is -0.136. The van der Waals surface area contributed by atoms with Gasteiger partial charge in [0.1, 0.15) is 0 Å². The van der Waals surface area contributed by atoms with E-state index in [4.69, 9.17) is 5.73 Å². The van der Waals surface area contributed by atoms with Gasteiger partial charge in [-0.3, -0.25) is 14.9 Å². The normalized spacial score (nSPS) is 26.3. The number of carbonyl (C=O) groups is 2. The van der Waals surface area contributed by atoms with Crippen LogP contribution in [0.5, 0.6) is 0 Å². The quantitative estimate of drug-likeness (QED) is 0.461. The first kappa shape index (κ1) is 7.21.